The quantitative estimate of drug-likeness (QED) is 0.0628. The van der Waals surface area contributed by atoms with Crippen molar-refractivity contribution in [2.75, 3.05) is 12.3 Å². The van der Waals surface area contributed by atoms with Crippen LogP contribution in [0.5, 0.6) is 11.5 Å². The van der Waals surface area contributed by atoms with Gasteiger partial charge in [-0.2, -0.15) is 10.1 Å². The topological polar surface area (TPSA) is 233 Å². The maximum Gasteiger partial charge on any atom is 0.459 e. The number of aliphatic hydroxyl groups excluding tert-OH is 2. The van der Waals surface area contributed by atoms with Crippen LogP contribution in [0.15, 0.2) is 82.8 Å². The molecule has 4 rings (SSSR count). The van der Waals surface area contributed by atoms with Crippen LogP contribution in [0, 0.1) is 0 Å². The predicted molar refractivity (Wildman–Crippen MR) is 142 cm³/mol. The molecule has 1 aliphatic rings. The van der Waals surface area contributed by atoms with Crippen molar-refractivity contribution in [3.63, 3.8) is 0 Å². The minimum Gasteiger partial charge on any atom is -0.425 e. The molecule has 0 saturated carbocycles. The third-order valence-corrected chi connectivity index (χ3v) is 7.44. The minimum absolute atomic E-state index is 0.0788. The van der Waals surface area contributed by atoms with Gasteiger partial charge in [-0.15, -0.1) is 0 Å². The fourth-order valence-corrected chi connectivity index (χ4v) is 5.30. The van der Waals surface area contributed by atoms with E-state index < -0.39 is 56.2 Å². The lowest BCUT2D eigenvalue weighted by molar-refractivity contribution is -0.136. The van der Waals surface area contributed by atoms with E-state index in [4.69, 9.17) is 24.3 Å². The summed E-state index contributed by atoms with van der Waals surface area (Å²) in [7, 11) is -4.53. The average Bonchev–Trinajstić information content (AvgIpc) is 3.18. The Hall–Kier alpha value is -4.27. The summed E-state index contributed by atoms with van der Waals surface area (Å²) in [6.07, 6.45) is -4.24. The van der Waals surface area contributed by atoms with Gasteiger partial charge in [-0.3, -0.25) is 9.09 Å². The van der Waals surface area contributed by atoms with Gasteiger partial charge in [-0.05, 0) is 42.8 Å². The second kappa shape index (κ2) is 12.5. The number of nitrogens with zero attached hydrogens (tertiary/aromatic N) is 5. The molecule has 6 atom stereocenters. The Morgan fingerprint density at radius 1 is 1.22 bits per heavy atom. The fourth-order valence-electron chi connectivity index (χ4n) is 3.79. The first kappa shape index (κ1) is 29.7. The molecule has 5 N–H and O–H groups in total. The number of hydrogen-bond acceptors (Lipinski definition) is 12. The zero-order chi connectivity index (χ0) is 29.6. The molecule has 0 aliphatic carbocycles. The Bertz CT molecular complexity index is 1520. The molecule has 0 bridgehead atoms. The van der Waals surface area contributed by atoms with Gasteiger partial charge >= 0.3 is 19.4 Å². The van der Waals surface area contributed by atoms with E-state index in [1.165, 1.54) is 25.1 Å². The third-order valence-electron chi connectivity index (χ3n) is 5.82. The van der Waals surface area contributed by atoms with Crippen LogP contribution < -0.4 is 25.8 Å². The molecule has 17 heteroatoms. The van der Waals surface area contributed by atoms with E-state index in [0.717, 1.165) is 10.8 Å². The SMILES string of the molecule is C[C@H](NP(=O)(OCC1(N=[N+]=[N-])O[C@@H](n2ccc(N)nc2=O)[C@H](O)[C@@H]1O)Oc1ccccc1)C(=O)Oc1ccccc1. The van der Waals surface area contributed by atoms with Crippen molar-refractivity contribution < 1.29 is 38.1 Å². The van der Waals surface area contributed by atoms with Crippen LogP contribution >= 0.6 is 7.75 Å². The summed E-state index contributed by atoms with van der Waals surface area (Å²) >= 11 is 0. The van der Waals surface area contributed by atoms with E-state index in [-0.39, 0.29) is 17.3 Å². The number of carbonyl (C=O) groups excluding carboxylic acids is 1. The zero-order valence-electron chi connectivity index (χ0n) is 21.5. The number of hydrogen-bond donors (Lipinski definition) is 4. The molecule has 0 radical (unpaired) electrons. The molecule has 16 nitrogen and oxygen atoms in total. The van der Waals surface area contributed by atoms with Crippen molar-refractivity contribution in [2.45, 2.75) is 37.1 Å². The van der Waals surface area contributed by atoms with E-state index in [2.05, 4.69) is 20.1 Å². The molecule has 1 fully saturated rings. The van der Waals surface area contributed by atoms with E-state index in [1.807, 2.05) is 0 Å². The number of nitrogens with two attached hydrogens (primary N) is 1. The highest BCUT2D eigenvalue weighted by molar-refractivity contribution is 7.52. The second-order valence-electron chi connectivity index (χ2n) is 8.78. The largest absolute Gasteiger partial charge is 0.459 e. The summed E-state index contributed by atoms with van der Waals surface area (Å²) in [5.74, 6) is -0.614. The van der Waals surface area contributed by atoms with Crippen LogP contribution in [0.1, 0.15) is 13.2 Å². The standard InChI is InChI=1S/C24H26N7O9P/c1-15(22(34)38-16-8-4-2-5-9-16)28-41(36,40-17-10-6-3-7-11-17)37-14-24(29-30-26)20(33)19(32)21(39-24)31-13-12-18(25)27-23(31)35/h2-13,15,19-21,32-33H,14H2,1H3,(H,28,36)(H2,25,27,35)/t15-,19+,20-,21+,24?,41?/m0/s1. The molecule has 0 spiro atoms. The molecule has 216 valence electrons. The minimum atomic E-state index is -4.53. The van der Waals surface area contributed by atoms with Crippen molar-refractivity contribution in [1.82, 2.24) is 14.6 Å². The first-order valence-corrected chi connectivity index (χ1v) is 13.6. The highest BCUT2D eigenvalue weighted by Gasteiger charge is 2.56. The number of azide groups is 1. The van der Waals surface area contributed by atoms with Gasteiger partial charge in [0.2, 0.25) is 5.72 Å². The molecule has 1 saturated heterocycles. The lowest BCUT2D eigenvalue weighted by Gasteiger charge is -2.29. The van der Waals surface area contributed by atoms with Crippen molar-refractivity contribution >= 4 is 19.5 Å². The van der Waals surface area contributed by atoms with Crippen molar-refractivity contribution in [3.8, 4) is 11.5 Å². The lowest BCUT2D eigenvalue weighted by Crippen LogP contribution is -2.46. The normalized spacial score (nSPS) is 24.0. The van der Waals surface area contributed by atoms with Gasteiger partial charge in [0.25, 0.3) is 0 Å². The van der Waals surface area contributed by atoms with Crippen LogP contribution in [-0.2, 0) is 18.6 Å². The molecule has 3 aromatic rings. The molecule has 2 unspecified atom stereocenters. The number of para-hydroxylation sites is 2. The highest BCUT2D eigenvalue weighted by atomic mass is 31.2. The summed E-state index contributed by atoms with van der Waals surface area (Å²) in [6.45, 7) is 0.389. The van der Waals surface area contributed by atoms with Gasteiger partial charge in [0.05, 0.1) is 6.61 Å². The van der Waals surface area contributed by atoms with Crippen molar-refractivity contribution in [1.29, 1.82) is 0 Å². The maximum atomic E-state index is 13.9. The molecular formula is C24H26N7O9P. The molecule has 2 aromatic carbocycles. The summed E-state index contributed by atoms with van der Waals surface area (Å²) in [4.78, 5) is 31.2. The number of nitrogen functional groups attached to an aromatic ring is 1. The number of rotatable bonds is 11. The third kappa shape index (κ3) is 6.90. The van der Waals surface area contributed by atoms with Gasteiger partial charge in [0.15, 0.2) is 6.23 Å². The first-order chi connectivity index (χ1) is 19.6. The van der Waals surface area contributed by atoms with E-state index >= 15 is 0 Å². The predicted octanol–water partition coefficient (Wildman–Crippen LogP) is 1.87. The second-order valence-corrected chi connectivity index (χ2v) is 10.5. The van der Waals surface area contributed by atoms with Crippen LogP contribution in [0.2, 0.25) is 0 Å². The number of aliphatic hydroxyl groups is 2. The van der Waals surface area contributed by atoms with Crippen molar-refractivity contribution in [2.24, 2.45) is 5.11 Å². The van der Waals surface area contributed by atoms with Gasteiger partial charge in [0.1, 0.15) is 35.6 Å². The molecule has 1 aliphatic heterocycles. The Balaban J connectivity index is 1.59. The maximum absolute atomic E-state index is 13.9. The number of anilines is 1. The molecule has 41 heavy (non-hydrogen) atoms. The Kier molecular flexibility index (Phi) is 9.05. The summed E-state index contributed by atoms with van der Waals surface area (Å²) < 4.78 is 36.7. The van der Waals surface area contributed by atoms with Gasteiger partial charge in [0, 0.05) is 11.1 Å². The molecule has 2 heterocycles. The molecule has 1 aromatic heterocycles. The molecule has 0 amide bonds. The average molecular weight is 587 g/mol. The number of esters is 1. The van der Waals surface area contributed by atoms with Crippen LogP contribution in [0.4, 0.5) is 5.82 Å². The monoisotopic (exact) mass is 587 g/mol. The van der Waals surface area contributed by atoms with E-state index in [0.29, 0.717) is 0 Å². The Morgan fingerprint density at radius 3 is 2.46 bits per heavy atom. The Morgan fingerprint density at radius 2 is 1.85 bits per heavy atom. The number of carbonyl (C=O) groups is 1. The highest BCUT2D eigenvalue weighted by Crippen LogP contribution is 2.48. The lowest BCUT2D eigenvalue weighted by atomic mass is 10.1. The number of nitrogens with one attached hydrogen (secondary N) is 1. The van der Waals surface area contributed by atoms with Crippen LogP contribution in [0.25, 0.3) is 10.4 Å². The Labute approximate surface area is 232 Å². The smallest absolute Gasteiger partial charge is 0.425 e. The van der Waals surface area contributed by atoms with Gasteiger partial charge < -0.3 is 29.9 Å². The first-order valence-electron chi connectivity index (χ1n) is 12.0. The summed E-state index contributed by atoms with van der Waals surface area (Å²) in [5, 5.41) is 27.4. The fraction of sp³-hybridized carbons (Fsp3) is 0.292. The zero-order valence-corrected chi connectivity index (χ0v) is 22.4. The van der Waals surface area contributed by atoms with Crippen LogP contribution in [0.3, 0.4) is 0 Å². The summed E-state index contributed by atoms with van der Waals surface area (Å²) in [6, 6.07) is 15.9. The van der Waals surface area contributed by atoms with E-state index in [1.54, 1.807) is 48.5 Å². The van der Waals surface area contributed by atoms with Crippen molar-refractivity contribution in [3.05, 3.63) is 93.9 Å². The van der Waals surface area contributed by atoms with E-state index in [9.17, 15) is 29.9 Å². The number of benzene rings is 2. The summed E-state index contributed by atoms with van der Waals surface area (Å²) in [5.41, 5.74) is 11.4. The number of ether oxygens (including phenoxy) is 2. The van der Waals surface area contributed by atoms with Crippen LogP contribution in [-0.4, -0.2) is 56.3 Å². The van der Waals surface area contributed by atoms with Gasteiger partial charge in [-0.1, -0.05) is 41.5 Å². The number of aromatic nitrogens is 2. The van der Waals surface area contributed by atoms with Gasteiger partial charge in [-0.25, -0.2) is 14.2 Å². The molecular weight excluding hydrogens is 561 g/mol.